The van der Waals surface area contributed by atoms with Gasteiger partial charge >= 0.3 is 0 Å². The van der Waals surface area contributed by atoms with Crippen molar-refractivity contribution >= 4 is 23.2 Å². The van der Waals surface area contributed by atoms with Crippen LogP contribution in [0.2, 0.25) is 10.4 Å². The van der Waals surface area contributed by atoms with Gasteiger partial charge in [0.05, 0.1) is 0 Å². The van der Waals surface area contributed by atoms with Crippen LogP contribution >= 0.6 is 23.2 Å². The van der Waals surface area contributed by atoms with E-state index in [0.29, 0.717) is 0 Å². The van der Waals surface area contributed by atoms with Crippen LogP contribution in [-0.4, -0.2) is 9.97 Å². The second-order valence-corrected chi connectivity index (χ2v) is 2.08. The third-order valence-corrected chi connectivity index (χ3v) is 1.16. The summed E-state index contributed by atoms with van der Waals surface area (Å²) >= 11 is 10.2. The summed E-state index contributed by atoms with van der Waals surface area (Å²) in [5.74, 6) is -2.63. The van der Waals surface area contributed by atoms with Crippen molar-refractivity contribution in [3.63, 3.8) is 0 Å². The zero-order chi connectivity index (χ0) is 7.72. The number of hydrogen-bond acceptors (Lipinski definition) is 2. The lowest BCUT2D eigenvalue weighted by atomic mass is 10.6. The largest absolute Gasteiger partial charge is 0.254 e. The van der Waals surface area contributed by atoms with E-state index in [1.807, 2.05) is 0 Å². The molecule has 1 aromatic rings. The molecule has 0 amide bonds. The topological polar surface area (TPSA) is 25.8 Å². The van der Waals surface area contributed by atoms with Crippen LogP contribution in [0.25, 0.3) is 0 Å². The maximum atomic E-state index is 12.2. The molecule has 1 aromatic heterocycles. The van der Waals surface area contributed by atoms with E-state index in [-0.39, 0.29) is 0 Å². The highest BCUT2D eigenvalue weighted by molar-refractivity contribution is 6.31. The van der Waals surface area contributed by atoms with Crippen LogP contribution in [0.1, 0.15) is 0 Å². The first-order chi connectivity index (χ1) is 4.61. The third kappa shape index (κ3) is 1.33. The van der Waals surface area contributed by atoms with Crippen molar-refractivity contribution in [2.75, 3.05) is 0 Å². The Kier molecular flexibility index (Phi) is 2.01. The predicted octanol–water partition coefficient (Wildman–Crippen LogP) is 2.06. The van der Waals surface area contributed by atoms with Gasteiger partial charge in [0.1, 0.15) is 0 Å². The molecule has 54 valence electrons. The van der Waals surface area contributed by atoms with Crippen LogP contribution in [0.15, 0.2) is 0 Å². The minimum absolute atomic E-state index is 0.413. The van der Waals surface area contributed by atoms with E-state index in [0.717, 1.165) is 0 Å². The van der Waals surface area contributed by atoms with Gasteiger partial charge < -0.3 is 0 Å². The van der Waals surface area contributed by atoms with Crippen LogP contribution in [0.4, 0.5) is 8.78 Å². The fraction of sp³-hybridized carbons (Fsp3) is 0. The van der Waals surface area contributed by atoms with Gasteiger partial charge in [-0.1, -0.05) is 11.6 Å². The molecule has 0 fully saturated rings. The highest BCUT2D eigenvalue weighted by Crippen LogP contribution is 2.14. The second kappa shape index (κ2) is 2.64. The van der Waals surface area contributed by atoms with Crippen LogP contribution in [0, 0.1) is 11.8 Å². The predicted molar refractivity (Wildman–Crippen MR) is 32.0 cm³/mol. The molecule has 0 aliphatic rings. The van der Waals surface area contributed by atoms with Gasteiger partial charge in [0.2, 0.25) is 11.1 Å². The van der Waals surface area contributed by atoms with Crippen molar-refractivity contribution in [3.05, 3.63) is 22.2 Å². The van der Waals surface area contributed by atoms with E-state index >= 15 is 0 Å². The van der Waals surface area contributed by atoms with Crippen LogP contribution in [0.5, 0.6) is 0 Å². The standard InChI is InChI=1S/C4Cl2F2N2/c5-2-1(7)3(8)10-4(6)9-2. The fourth-order valence-corrected chi connectivity index (χ4v) is 0.730. The Labute approximate surface area is 64.8 Å². The highest BCUT2D eigenvalue weighted by Gasteiger charge is 2.10. The first kappa shape index (κ1) is 7.63. The summed E-state index contributed by atoms with van der Waals surface area (Å²) < 4.78 is 24.4. The first-order valence-corrected chi connectivity index (χ1v) is 2.91. The molecule has 0 saturated carbocycles. The third-order valence-electron chi connectivity index (χ3n) is 0.743. The van der Waals surface area contributed by atoms with E-state index in [4.69, 9.17) is 23.2 Å². The Hall–Kier alpha value is -0.480. The maximum absolute atomic E-state index is 12.2. The van der Waals surface area contributed by atoms with E-state index < -0.39 is 22.2 Å². The summed E-state index contributed by atoms with van der Waals surface area (Å²) in [6.45, 7) is 0. The number of hydrogen-bond donors (Lipinski definition) is 0. The zero-order valence-electron chi connectivity index (χ0n) is 4.41. The molecule has 0 aromatic carbocycles. The summed E-state index contributed by atoms with van der Waals surface area (Å²) in [4.78, 5) is 6.00. The van der Waals surface area contributed by atoms with Gasteiger partial charge in [0.15, 0.2) is 5.15 Å². The molecule has 0 aliphatic carbocycles. The van der Waals surface area contributed by atoms with Gasteiger partial charge in [0.25, 0.3) is 5.95 Å². The normalized spacial score (nSPS) is 10.0. The summed E-state index contributed by atoms with van der Waals surface area (Å²) in [5, 5.41) is -1.03. The second-order valence-electron chi connectivity index (χ2n) is 1.39. The lowest BCUT2D eigenvalue weighted by Gasteiger charge is -1.93. The molecule has 0 atom stereocenters. The van der Waals surface area contributed by atoms with Crippen molar-refractivity contribution < 1.29 is 8.78 Å². The van der Waals surface area contributed by atoms with Gasteiger partial charge in [0, 0.05) is 0 Å². The Morgan fingerprint density at radius 3 is 2.20 bits per heavy atom. The van der Waals surface area contributed by atoms with E-state index in [2.05, 4.69) is 9.97 Å². The minimum Gasteiger partial charge on any atom is -0.203 e. The molecule has 0 bridgehead atoms. The molecule has 0 aliphatic heterocycles. The van der Waals surface area contributed by atoms with Crippen molar-refractivity contribution in [1.82, 2.24) is 9.97 Å². The molecule has 10 heavy (non-hydrogen) atoms. The number of nitrogens with zero attached hydrogens (tertiary/aromatic N) is 2. The SMILES string of the molecule is Fc1nc(Cl)nc(Cl)c1F. The Morgan fingerprint density at radius 2 is 1.70 bits per heavy atom. The van der Waals surface area contributed by atoms with Crippen molar-refractivity contribution in [1.29, 1.82) is 0 Å². The molecular weight excluding hydrogens is 185 g/mol. The molecule has 2 nitrogen and oxygen atoms in total. The zero-order valence-corrected chi connectivity index (χ0v) is 5.92. The molecule has 1 heterocycles. The Bertz CT molecular complexity index is 242. The van der Waals surface area contributed by atoms with Crippen LogP contribution in [0.3, 0.4) is 0 Å². The average molecular weight is 185 g/mol. The van der Waals surface area contributed by atoms with Crippen molar-refractivity contribution in [2.45, 2.75) is 0 Å². The molecular formula is C4Cl2F2N2. The minimum atomic E-state index is -1.34. The lowest BCUT2D eigenvalue weighted by Crippen LogP contribution is -1.94. The highest BCUT2D eigenvalue weighted by atomic mass is 35.5. The quantitative estimate of drug-likeness (QED) is 0.456. The number of halogens is 4. The molecule has 0 saturated heterocycles. The molecule has 0 spiro atoms. The van der Waals surface area contributed by atoms with Crippen molar-refractivity contribution in [3.8, 4) is 0 Å². The number of aromatic nitrogens is 2. The molecule has 1 rings (SSSR count). The van der Waals surface area contributed by atoms with Crippen LogP contribution < -0.4 is 0 Å². The summed E-state index contributed by atoms with van der Waals surface area (Å²) in [6, 6.07) is 0. The van der Waals surface area contributed by atoms with Gasteiger partial charge in [-0.2, -0.15) is 13.8 Å². The van der Waals surface area contributed by atoms with Gasteiger partial charge in [-0.3, -0.25) is 0 Å². The van der Waals surface area contributed by atoms with Crippen molar-refractivity contribution in [2.24, 2.45) is 0 Å². The van der Waals surface area contributed by atoms with E-state index in [1.54, 1.807) is 0 Å². The number of rotatable bonds is 0. The fourth-order valence-electron chi connectivity index (χ4n) is 0.370. The van der Waals surface area contributed by atoms with Crippen LogP contribution in [-0.2, 0) is 0 Å². The summed E-state index contributed by atoms with van der Waals surface area (Å²) in [6.07, 6.45) is 0. The van der Waals surface area contributed by atoms with Gasteiger partial charge in [-0.15, -0.1) is 0 Å². The maximum Gasteiger partial charge on any atom is 0.254 e. The van der Waals surface area contributed by atoms with E-state index in [9.17, 15) is 8.78 Å². The molecule has 0 N–H and O–H groups in total. The first-order valence-electron chi connectivity index (χ1n) is 2.15. The molecule has 0 radical (unpaired) electrons. The van der Waals surface area contributed by atoms with Gasteiger partial charge in [-0.25, -0.2) is 4.98 Å². The lowest BCUT2D eigenvalue weighted by molar-refractivity contribution is 0.473. The monoisotopic (exact) mass is 184 g/mol. The molecule has 6 heteroatoms. The average Bonchev–Trinajstić information content (AvgIpc) is 1.82. The summed E-state index contributed by atoms with van der Waals surface area (Å²) in [7, 11) is 0. The van der Waals surface area contributed by atoms with Gasteiger partial charge in [-0.05, 0) is 11.6 Å². The molecule has 0 unspecified atom stereocenters. The Balaban J connectivity index is 3.31. The smallest absolute Gasteiger partial charge is 0.203 e. The Morgan fingerprint density at radius 1 is 1.10 bits per heavy atom. The van der Waals surface area contributed by atoms with E-state index in [1.165, 1.54) is 0 Å². The summed E-state index contributed by atoms with van der Waals surface area (Å²) in [5.41, 5.74) is 0.